The Morgan fingerprint density at radius 1 is 1.13 bits per heavy atom. The van der Waals surface area contributed by atoms with Crippen LogP contribution in [0.25, 0.3) is 10.4 Å². The lowest BCUT2D eigenvalue weighted by Gasteiger charge is -2.13. The van der Waals surface area contributed by atoms with Crippen LogP contribution < -0.4 is 9.46 Å². The van der Waals surface area contributed by atoms with Crippen molar-refractivity contribution in [3.63, 3.8) is 0 Å². The topological polar surface area (TPSA) is 105 Å². The summed E-state index contributed by atoms with van der Waals surface area (Å²) < 4.78 is 33.6. The van der Waals surface area contributed by atoms with E-state index < -0.39 is 10.0 Å². The van der Waals surface area contributed by atoms with Gasteiger partial charge in [0, 0.05) is 22.2 Å². The normalized spacial score (nSPS) is 11.1. The molecule has 0 amide bonds. The highest BCUT2D eigenvalue weighted by Crippen LogP contribution is 2.39. The molecule has 0 bridgehead atoms. The molecule has 0 saturated carbocycles. The number of nitrogens with zero attached hydrogens (tertiary/aromatic N) is 3. The van der Waals surface area contributed by atoms with Crippen molar-refractivity contribution < 1.29 is 13.2 Å². The highest BCUT2D eigenvalue weighted by atomic mass is 35.5. The van der Waals surface area contributed by atoms with Gasteiger partial charge in [-0.2, -0.15) is 5.26 Å². The third kappa shape index (κ3) is 4.55. The fourth-order valence-electron chi connectivity index (χ4n) is 2.75. The molecule has 31 heavy (non-hydrogen) atoms. The minimum absolute atomic E-state index is 0.0683. The number of halogens is 1. The summed E-state index contributed by atoms with van der Waals surface area (Å²) in [5.74, 6) is 0.700. The van der Waals surface area contributed by atoms with Gasteiger partial charge in [-0.15, -0.1) is 22.7 Å². The Labute approximate surface area is 191 Å². The van der Waals surface area contributed by atoms with Crippen LogP contribution in [0, 0.1) is 18.3 Å². The van der Waals surface area contributed by atoms with Crippen molar-refractivity contribution in [2.45, 2.75) is 11.8 Å². The zero-order valence-electron chi connectivity index (χ0n) is 15.9. The van der Waals surface area contributed by atoms with Crippen LogP contribution in [0.1, 0.15) is 11.3 Å². The van der Waals surface area contributed by atoms with Crippen molar-refractivity contribution in [1.29, 1.82) is 5.26 Å². The number of rotatable bonds is 6. The monoisotopic (exact) mass is 488 g/mol. The number of anilines is 1. The molecule has 0 aliphatic rings. The Bertz CT molecular complexity index is 1390. The van der Waals surface area contributed by atoms with Crippen LogP contribution >= 0.6 is 34.3 Å². The second-order valence-corrected chi connectivity index (χ2v) is 10.1. The lowest BCUT2D eigenvalue weighted by Crippen LogP contribution is -2.13. The van der Waals surface area contributed by atoms with E-state index in [4.69, 9.17) is 16.3 Å². The van der Waals surface area contributed by atoms with Gasteiger partial charge in [0.2, 0.25) is 0 Å². The van der Waals surface area contributed by atoms with Crippen molar-refractivity contribution in [3.05, 3.63) is 69.8 Å². The smallest absolute Gasteiger partial charge is 0.263 e. The fraction of sp³-hybridized carbons (Fsp3) is 0.0500. The molecule has 4 aromatic rings. The number of ether oxygens (including phenoxy) is 1. The van der Waals surface area contributed by atoms with E-state index in [1.54, 1.807) is 29.1 Å². The molecule has 0 aliphatic heterocycles. The van der Waals surface area contributed by atoms with Crippen LogP contribution in [0.2, 0.25) is 5.02 Å². The maximum Gasteiger partial charge on any atom is 0.263 e. The Morgan fingerprint density at radius 3 is 2.61 bits per heavy atom. The van der Waals surface area contributed by atoms with Crippen molar-refractivity contribution in [2.75, 3.05) is 4.72 Å². The molecule has 0 aliphatic carbocycles. The number of hydrogen-bond donors (Lipinski definition) is 1. The second-order valence-electron chi connectivity index (χ2n) is 6.22. The number of benzene rings is 2. The maximum absolute atomic E-state index is 12.6. The van der Waals surface area contributed by atoms with Gasteiger partial charge in [-0.05, 0) is 43.3 Å². The van der Waals surface area contributed by atoms with Gasteiger partial charge in [0.1, 0.15) is 17.6 Å². The number of hydrogen-bond acceptors (Lipinski definition) is 8. The summed E-state index contributed by atoms with van der Waals surface area (Å²) in [6.07, 6.45) is 1.49. The molecule has 0 radical (unpaired) electrons. The van der Waals surface area contributed by atoms with E-state index in [9.17, 15) is 13.7 Å². The summed E-state index contributed by atoms with van der Waals surface area (Å²) in [4.78, 5) is 9.00. The van der Waals surface area contributed by atoms with Crippen LogP contribution in [-0.2, 0) is 10.0 Å². The molecule has 0 saturated heterocycles. The first kappa shape index (κ1) is 21.3. The van der Waals surface area contributed by atoms with Gasteiger partial charge in [0.05, 0.1) is 26.5 Å². The van der Waals surface area contributed by atoms with Gasteiger partial charge in [-0.3, -0.25) is 4.72 Å². The first-order chi connectivity index (χ1) is 14.9. The van der Waals surface area contributed by atoms with E-state index in [1.807, 2.05) is 13.0 Å². The van der Waals surface area contributed by atoms with Crippen LogP contribution in [0.15, 0.2) is 58.4 Å². The molecule has 0 fully saturated rings. The average molecular weight is 489 g/mol. The summed E-state index contributed by atoms with van der Waals surface area (Å²) in [6.45, 7) is 1.88. The molecule has 2 aromatic carbocycles. The summed E-state index contributed by atoms with van der Waals surface area (Å²) in [6, 6.07) is 11.2. The molecule has 1 N–H and O–H groups in total. The van der Waals surface area contributed by atoms with Crippen LogP contribution in [0.3, 0.4) is 0 Å². The van der Waals surface area contributed by atoms with Crippen molar-refractivity contribution in [1.82, 2.24) is 9.97 Å². The standard InChI is InChI=1S/C20H13ClN4O3S3/c1-12-19(30-11-24-12)16-9-14(21)2-4-18(16)28-17-5-3-15(8-13(17)10-22)31(26,27)25-20-23-6-7-29-20/h2-9,11H,1H3,(H,23,25). The highest BCUT2D eigenvalue weighted by Gasteiger charge is 2.19. The third-order valence-corrected chi connectivity index (χ3v) is 7.54. The van der Waals surface area contributed by atoms with E-state index in [1.165, 1.54) is 35.7 Å². The van der Waals surface area contributed by atoms with Gasteiger partial charge in [0.25, 0.3) is 10.0 Å². The van der Waals surface area contributed by atoms with Gasteiger partial charge >= 0.3 is 0 Å². The van der Waals surface area contributed by atoms with Crippen LogP contribution in [0.4, 0.5) is 5.13 Å². The Balaban J connectivity index is 1.70. The minimum atomic E-state index is -3.89. The molecular weight excluding hydrogens is 476 g/mol. The molecule has 7 nitrogen and oxygen atoms in total. The van der Waals surface area contributed by atoms with Crippen LogP contribution in [0.5, 0.6) is 11.5 Å². The zero-order chi connectivity index (χ0) is 22.0. The molecular formula is C20H13ClN4O3S3. The van der Waals surface area contributed by atoms with Crippen molar-refractivity contribution in [2.24, 2.45) is 0 Å². The number of thiazole rings is 2. The van der Waals surface area contributed by atoms with Crippen LogP contribution in [-0.4, -0.2) is 18.4 Å². The summed E-state index contributed by atoms with van der Waals surface area (Å²) in [7, 11) is -3.89. The van der Waals surface area contributed by atoms with E-state index in [-0.39, 0.29) is 21.3 Å². The van der Waals surface area contributed by atoms with Crippen molar-refractivity contribution in [3.8, 4) is 28.0 Å². The Morgan fingerprint density at radius 2 is 1.94 bits per heavy atom. The second kappa shape index (κ2) is 8.64. The summed E-state index contributed by atoms with van der Waals surface area (Å²) in [5, 5.41) is 12.0. The van der Waals surface area contributed by atoms with Gasteiger partial charge in [0.15, 0.2) is 5.13 Å². The summed E-state index contributed by atoms with van der Waals surface area (Å²) >= 11 is 8.78. The molecule has 2 heterocycles. The third-order valence-electron chi connectivity index (χ3n) is 4.19. The lowest BCUT2D eigenvalue weighted by atomic mass is 10.1. The molecule has 0 spiro atoms. The van der Waals surface area contributed by atoms with E-state index in [0.717, 1.165) is 27.5 Å². The molecule has 11 heteroatoms. The SMILES string of the molecule is Cc1ncsc1-c1cc(Cl)ccc1Oc1ccc(S(=O)(=O)Nc2nccs2)cc1C#N. The lowest BCUT2D eigenvalue weighted by molar-refractivity contribution is 0.482. The van der Waals surface area contributed by atoms with Gasteiger partial charge < -0.3 is 4.74 Å². The number of nitrogens with one attached hydrogen (secondary N) is 1. The number of aryl methyl sites for hydroxylation is 1. The van der Waals surface area contributed by atoms with E-state index in [2.05, 4.69) is 14.7 Å². The number of sulfonamides is 1. The molecule has 0 atom stereocenters. The minimum Gasteiger partial charge on any atom is -0.455 e. The Hall–Kier alpha value is -2.97. The molecule has 2 aromatic heterocycles. The average Bonchev–Trinajstić information content (AvgIpc) is 3.40. The zero-order valence-corrected chi connectivity index (χ0v) is 19.1. The highest BCUT2D eigenvalue weighted by molar-refractivity contribution is 7.93. The van der Waals surface area contributed by atoms with Gasteiger partial charge in [-0.25, -0.2) is 18.4 Å². The Kier molecular flexibility index (Phi) is 5.93. The maximum atomic E-state index is 12.6. The molecule has 156 valence electrons. The largest absolute Gasteiger partial charge is 0.455 e. The first-order valence-electron chi connectivity index (χ1n) is 8.72. The number of nitriles is 1. The molecule has 0 unspecified atom stereocenters. The number of aromatic nitrogens is 2. The summed E-state index contributed by atoms with van der Waals surface area (Å²) in [5.41, 5.74) is 3.36. The predicted molar refractivity (Wildman–Crippen MR) is 121 cm³/mol. The van der Waals surface area contributed by atoms with E-state index >= 15 is 0 Å². The fourth-order valence-corrected chi connectivity index (χ4v) is 5.56. The first-order valence-corrected chi connectivity index (χ1v) is 12.3. The van der Waals surface area contributed by atoms with E-state index in [0.29, 0.717) is 10.8 Å². The quantitative estimate of drug-likeness (QED) is 0.373. The predicted octanol–water partition coefficient (Wildman–Crippen LogP) is 5.69. The molecule has 4 rings (SSSR count). The van der Waals surface area contributed by atoms with Gasteiger partial charge in [-0.1, -0.05) is 11.6 Å². The van der Waals surface area contributed by atoms with Crippen molar-refractivity contribution >= 4 is 49.4 Å².